The number of carbonyl (C=O) groups excluding carboxylic acids is 3. The number of nitrogens with one attached hydrogen (secondary N) is 1. The standard InChI is InChI=1S/C18H22ClN3O3/c19-13-5-7-15(8-6-13)22-12-14(11-18(22)25)20-16(23)3-1-9-21-10-2-4-17(21)24/h5-8,14H,1-4,9-12H2,(H,20,23). The number of halogens is 1. The highest BCUT2D eigenvalue weighted by Gasteiger charge is 2.31. The van der Waals surface area contributed by atoms with Crippen molar-refractivity contribution in [3.05, 3.63) is 29.3 Å². The van der Waals surface area contributed by atoms with Crippen molar-refractivity contribution >= 4 is 35.0 Å². The molecule has 25 heavy (non-hydrogen) atoms. The monoisotopic (exact) mass is 363 g/mol. The second-order valence-corrected chi connectivity index (χ2v) is 6.97. The van der Waals surface area contributed by atoms with E-state index in [0.717, 1.165) is 18.7 Å². The topological polar surface area (TPSA) is 69.7 Å². The number of hydrogen-bond acceptors (Lipinski definition) is 3. The molecule has 2 fully saturated rings. The number of benzene rings is 1. The first-order chi connectivity index (χ1) is 12.0. The van der Waals surface area contributed by atoms with Crippen LogP contribution in [0, 0.1) is 0 Å². The molecule has 2 aliphatic rings. The third-order valence-corrected chi connectivity index (χ3v) is 4.88. The van der Waals surface area contributed by atoms with Gasteiger partial charge in [0.1, 0.15) is 0 Å². The van der Waals surface area contributed by atoms with Crippen molar-refractivity contribution in [1.29, 1.82) is 0 Å². The summed E-state index contributed by atoms with van der Waals surface area (Å²) in [5.74, 6) is 0.109. The minimum Gasteiger partial charge on any atom is -0.351 e. The zero-order chi connectivity index (χ0) is 17.8. The van der Waals surface area contributed by atoms with Crippen LogP contribution in [0.5, 0.6) is 0 Å². The number of likely N-dealkylation sites (tertiary alicyclic amines) is 1. The number of hydrogen-bond donors (Lipinski definition) is 1. The summed E-state index contributed by atoms with van der Waals surface area (Å²) in [5, 5.41) is 3.55. The molecule has 0 bridgehead atoms. The van der Waals surface area contributed by atoms with E-state index in [1.54, 1.807) is 29.2 Å². The molecular formula is C18H22ClN3O3. The van der Waals surface area contributed by atoms with Crippen LogP contribution in [-0.2, 0) is 14.4 Å². The van der Waals surface area contributed by atoms with Crippen molar-refractivity contribution in [2.75, 3.05) is 24.5 Å². The van der Waals surface area contributed by atoms with E-state index in [9.17, 15) is 14.4 Å². The quantitative estimate of drug-likeness (QED) is 0.840. The summed E-state index contributed by atoms with van der Waals surface area (Å²) in [5.41, 5.74) is 0.790. The molecule has 0 aromatic heterocycles. The van der Waals surface area contributed by atoms with Crippen molar-refractivity contribution < 1.29 is 14.4 Å². The molecule has 0 aliphatic carbocycles. The summed E-state index contributed by atoms with van der Waals surface area (Å²) in [6, 6.07) is 6.92. The number of anilines is 1. The van der Waals surface area contributed by atoms with Gasteiger partial charge in [0.15, 0.2) is 0 Å². The first-order valence-electron chi connectivity index (χ1n) is 8.66. The van der Waals surface area contributed by atoms with Crippen LogP contribution < -0.4 is 10.2 Å². The molecule has 1 unspecified atom stereocenters. The van der Waals surface area contributed by atoms with Gasteiger partial charge in [0.25, 0.3) is 0 Å². The number of amides is 3. The van der Waals surface area contributed by atoms with Crippen LogP contribution in [0.15, 0.2) is 24.3 Å². The fourth-order valence-electron chi connectivity index (χ4n) is 3.35. The molecule has 7 heteroatoms. The Morgan fingerprint density at radius 2 is 1.96 bits per heavy atom. The highest BCUT2D eigenvalue weighted by atomic mass is 35.5. The molecule has 134 valence electrons. The molecule has 2 heterocycles. The van der Waals surface area contributed by atoms with Gasteiger partial charge in [-0.1, -0.05) is 11.6 Å². The summed E-state index contributed by atoms with van der Waals surface area (Å²) in [7, 11) is 0. The summed E-state index contributed by atoms with van der Waals surface area (Å²) in [4.78, 5) is 39.3. The maximum absolute atomic E-state index is 12.2. The lowest BCUT2D eigenvalue weighted by molar-refractivity contribution is -0.128. The van der Waals surface area contributed by atoms with Crippen LogP contribution in [0.3, 0.4) is 0 Å². The van der Waals surface area contributed by atoms with Crippen LogP contribution in [0.25, 0.3) is 0 Å². The van der Waals surface area contributed by atoms with Gasteiger partial charge in [0.2, 0.25) is 17.7 Å². The largest absolute Gasteiger partial charge is 0.351 e. The van der Waals surface area contributed by atoms with Crippen molar-refractivity contribution in [3.8, 4) is 0 Å². The van der Waals surface area contributed by atoms with Gasteiger partial charge < -0.3 is 15.1 Å². The number of carbonyl (C=O) groups is 3. The van der Waals surface area contributed by atoms with E-state index in [2.05, 4.69) is 5.32 Å². The Kier molecular flexibility index (Phi) is 5.58. The van der Waals surface area contributed by atoms with Gasteiger partial charge in [0, 0.05) is 49.6 Å². The Bertz CT molecular complexity index is 662. The van der Waals surface area contributed by atoms with Gasteiger partial charge in [0.05, 0.1) is 6.04 Å². The lowest BCUT2D eigenvalue weighted by atomic mass is 10.2. The van der Waals surface area contributed by atoms with Crippen LogP contribution in [0.4, 0.5) is 5.69 Å². The zero-order valence-electron chi connectivity index (χ0n) is 14.0. The SMILES string of the molecule is O=C(CCCN1CCCC1=O)NC1CC(=O)N(c2ccc(Cl)cc2)C1. The van der Waals surface area contributed by atoms with Gasteiger partial charge in [-0.05, 0) is 37.1 Å². The molecule has 2 aliphatic heterocycles. The Balaban J connectivity index is 1.43. The third-order valence-electron chi connectivity index (χ3n) is 4.63. The van der Waals surface area contributed by atoms with E-state index in [4.69, 9.17) is 11.6 Å². The molecule has 1 aromatic rings. The Hall–Kier alpha value is -2.08. The molecule has 1 atom stereocenters. The highest BCUT2D eigenvalue weighted by Crippen LogP contribution is 2.23. The lowest BCUT2D eigenvalue weighted by Crippen LogP contribution is -2.37. The first-order valence-corrected chi connectivity index (χ1v) is 9.04. The third kappa shape index (κ3) is 4.51. The van der Waals surface area contributed by atoms with Gasteiger partial charge in [-0.2, -0.15) is 0 Å². The van der Waals surface area contributed by atoms with E-state index in [1.807, 2.05) is 4.90 Å². The first kappa shape index (κ1) is 17.7. The Labute approximate surface area is 152 Å². The maximum Gasteiger partial charge on any atom is 0.229 e. The van der Waals surface area contributed by atoms with Crippen molar-refractivity contribution in [1.82, 2.24) is 10.2 Å². The fourth-order valence-corrected chi connectivity index (χ4v) is 3.47. The number of rotatable bonds is 6. The van der Waals surface area contributed by atoms with Crippen LogP contribution in [0.2, 0.25) is 5.02 Å². The summed E-state index contributed by atoms with van der Waals surface area (Å²) in [6.45, 7) is 1.90. The minimum absolute atomic E-state index is 0.00436. The normalized spacial score (nSPS) is 20.4. The second-order valence-electron chi connectivity index (χ2n) is 6.54. The molecule has 3 rings (SSSR count). The van der Waals surface area contributed by atoms with Gasteiger partial charge in [-0.25, -0.2) is 0 Å². The van der Waals surface area contributed by atoms with Gasteiger partial charge in [-0.3, -0.25) is 14.4 Å². The van der Waals surface area contributed by atoms with E-state index in [-0.39, 0.29) is 23.8 Å². The average Bonchev–Trinajstić information content (AvgIpc) is 3.14. The predicted octanol–water partition coefficient (Wildman–Crippen LogP) is 1.96. The Morgan fingerprint density at radius 1 is 1.20 bits per heavy atom. The molecule has 2 saturated heterocycles. The highest BCUT2D eigenvalue weighted by molar-refractivity contribution is 6.30. The maximum atomic E-state index is 12.2. The molecule has 1 N–H and O–H groups in total. The molecular weight excluding hydrogens is 342 g/mol. The number of nitrogens with zero attached hydrogens (tertiary/aromatic N) is 2. The predicted molar refractivity (Wildman–Crippen MR) is 95.4 cm³/mol. The fraction of sp³-hybridized carbons (Fsp3) is 0.500. The average molecular weight is 364 g/mol. The smallest absolute Gasteiger partial charge is 0.229 e. The van der Waals surface area contributed by atoms with E-state index >= 15 is 0 Å². The summed E-state index contributed by atoms with van der Waals surface area (Å²) in [6.07, 6.45) is 2.86. The summed E-state index contributed by atoms with van der Waals surface area (Å²) < 4.78 is 0. The van der Waals surface area contributed by atoms with Gasteiger partial charge in [-0.15, -0.1) is 0 Å². The zero-order valence-corrected chi connectivity index (χ0v) is 14.8. The van der Waals surface area contributed by atoms with Crippen LogP contribution in [0.1, 0.15) is 32.1 Å². The van der Waals surface area contributed by atoms with E-state index < -0.39 is 0 Å². The second kappa shape index (κ2) is 7.87. The Morgan fingerprint density at radius 3 is 2.64 bits per heavy atom. The lowest BCUT2D eigenvalue weighted by Gasteiger charge is -2.18. The summed E-state index contributed by atoms with van der Waals surface area (Å²) >= 11 is 5.87. The molecule has 6 nitrogen and oxygen atoms in total. The molecule has 1 aromatic carbocycles. The van der Waals surface area contributed by atoms with Crippen LogP contribution >= 0.6 is 11.6 Å². The molecule has 0 spiro atoms. The van der Waals surface area contributed by atoms with Crippen molar-refractivity contribution in [2.24, 2.45) is 0 Å². The molecule has 0 saturated carbocycles. The van der Waals surface area contributed by atoms with E-state index in [0.29, 0.717) is 43.8 Å². The van der Waals surface area contributed by atoms with E-state index in [1.165, 1.54) is 0 Å². The van der Waals surface area contributed by atoms with Crippen molar-refractivity contribution in [2.45, 2.75) is 38.1 Å². The molecule has 3 amide bonds. The minimum atomic E-state index is -0.177. The van der Waals surface area contributed by atoms with Gasteiger partial charge >= 0.3 is 0 Å². The van der Waals surface area contributed by atoms with Crippen molar-refractivity contribution in [3.63, 3.8) is 0 Å². The molecule has 0 radical (unpaired) electrons. The van der Waals surface area contributed by atoms with Crippen LogP contribution in [-0.4, -0.2) is 48.3 Å².